The maximum absolute atomic E-state index is 11.3. The van der Waals surface area contributed by atoms with E-state index in [2.05, 4.69) is 20.9 Å². The Bertz CT molecular complexity index is 485. The standard InChI is InChI=1S/C12H15BrN2O3/c1-12(2,3)9-6-15(11(16)17)10-8(18-9)4-7(13)5-14-10/h4-5,9H,6H2,1-3H3,(H,16,17). The van der Waals surface area contributed by atoms with Crippen molar-refractivity contribution in [1.82, 2.24) is 4.98 Å². The summed E-state index contributed by atoms with van der Waals surface area (Å²) in [7, 11) is 0. The second-order valence-corrected chi connectivity index (χ2v) is 6.26. The van der Waals surface area contributed by atoms with Gasteiger partial charge in [0.1, 0.15) is 6.10 Å². The van der Waals surface area contributed by atoms with Gasteiger partial charge in [0.25, 0.3) is 0 Å². The number of fused-ring (bicyclic) bond motifs is 1. The van der Waals surface area contributed by atoms with Crippen LogP contribution in [0.1, 0.15) is 20.8 Å². The van der Waals surface area contributed by atoms with Crippen LogP contribution in [0.4, 0.5) is 10.6 Å². The molecule has 0 bridgehead atoms. The molecule has 98 valence electrons. The lowest BCUT2D eigenvalue weighted by atomic mass is 9.88. The summed E-state index contributed by atoms with van der Waals surface area (Å²) in [6.07, 6.45) is 0.357. The van der Waals surface area contributed by atoms with Crippen LogP contribution in [-0.2, 0) is 0 Å². The predicted octanol–water partition coefficient (Wildman–Crippen LogP) is 3.14. The van der Waals surface area contributed by atoms with E-state index in [0.29, 0.717) is 18.1 Å². The van der Waals surface area contributed by atoms with E-state index in [1.807, 2.05) is 20.8 Å². The number of carboxylic acid groups (broad SMARTS) is 1. The summed E-state index contributed by atoms with van der Waals surface area (Å²) in [5.74, 6) is 0.851. The molecule has 1 aromatic rings. The minimum Gasteiger partial charge on any atom is -0.484 e. The Labute approximate surface area is 114 Å². The number of amides is 1. The van der Waals surface area contributed by atoms with Gasteiger partial charge in [-0.25, -0.2) is 9.78 Å². The van der Waals surface area contributed by atoms with Crippen molar-refractivity contribution in [3.8, 4) is 5.75 Å². The molecule has 1 aromatic heterocycles. The summed E-state index contributed by atoms with van der Waals surface area (Å²) in [6.45, 7) is 6.36. The van der Waals surface area contributed by atoms with Crippen LogP contribution in [0.25, 0.3) is 0 Å². The Kier molecular flexibility index (Phi) is 3.23. The molecule has 1 unspecified atom stereocenters. The molecule has 6 heteroatoms. The molecule has 0 saturated carbocycles. The van der Waals surface area contributed by atoms with Crippen LogP contribution < -0.4 is 9.64 Å². The number of halogens is 1. The summed E-state index contributed by atoms with van der Waals surface area (Å²) in [5.41, 5.74) is -0.145. The number of aromatic nitrogens is 1. The monoisotopic (exact) mass is 314 g/mol. The highest BCUT2D eigenvalue weighted by molar-refractivity contribution is 9.10. The minimum atomic E-state index is -1.01. The highest BCUT2D eigenvalue weighted by atomic mass is 79.9. The molecule has 2 rings (SSSR count). The largest absolute Gasteiger partial charge is 0.484 e. The van der Waals surface area contributed by atoms with Gasteiger partial charge < -0.3 is 9.84 Å². The summed E-state index contributed by atoms with van der Waals surface area (Å²) < 4.78 is 6.63. The molecule has 1 N–H and O–H groups in total. The van der Waals surface area contributed by atoms with Crippen molar-refractivity contribution in [3.05, 3.63) is 16.7 Å². The molecule has 0 aromatic carbocycles. The second kappa shape index (κ2) is 4.42. The lowest BCUT2D eigenvalue weighted by Gasteiger charge is -2.38. The number of pyridine rings is 1. The predicted molar refractivity (Wildman–Crippen MR) is 71.2 cm³/mol. The van der Waals surface area contributed by atoms with Crippen LogP contribution in [0.5, 0.6) is 5.75 Å². The first-order valence-electron chi connectivity index (χ1n) is 5.61. The third kappa shape index (κ3) is 2.43. The molecule has 0 spiro atoms. The molecule has 1 amide bonds. The van der Waals surface area contributed by atoms with E-state index in [9.17, 15) is 9.90 Å². The third-order valence-electron chi connectivity index (χ3n) is 2.87. The normalized spacial score (nSPS) is 19.1. The highest BCUT2D eigenvalue weighted by Gasteiger charge is 2.37. The molecular formula is C12H15BrN2O3. The SMILES string of the molecule is CC(C)(C)C1CN(C(=O)O)c2ncc(Br)cc2O1. The van der Waals surface area contributed by atoms with E-state index < -0.39 is 6.09 Å². The van der Waals surface area contributed by atoms with Gasteiger partial charge in [-0.05, 0) is 22.0 Å². The Hall–Kier alpha value is -1.30. The Morgan fingerprint density at radius 2 is 2.28 bits per heavy atom. The molecule has 1 aliphatic rings. The molecule has 0 saturated heterocycles. The number of anilines is 1. The molecule has 2 heterocycles. The Morgan fingerprint density at radius 3 is 2.83 bits per heavy atom. The van der Waals surface area contributed by atoms with E-state index >= 15 is 0 Å². The van der Waals surface area contributed by atoms with Gasteiger partial charge in [0, 0.05) is 16.1 Å². The van der Waals surface area contributed by atoms with E-state index in [1.54, 1.807) is 12.3 Å². The molecule has 1 aliphatic heterocycles. The zero-order valence-corrected chi connectivity index (χ0v) is 12.1. The summed E-state index contributed by atoms with van der Waals surface area (Å²) >= 11 is 3.31. The zero-order chi connectivity index (χ0) is 13.5. The average molecular weight is 315 g/mol. The van der Waals surface area contributed by atoms with Crippen molar-refractivity contribution in [2.24, 2.45) is 5.41 Å². The van der Waals surface area contributed by atoms with Gasteiger partial charge >= 0.3 is 6.09 Å². The van der Waals surface area contributed by atoms with Crippen molar-refractivity contribution in [1.29, 1.82) is 0 Å². The summed E-state index contributed by atoms with van der Waals surface area (Å²) in [6, 6.07) is 1.75. The lowest BCUT2D eigenvalue weighted by Crippen LogP contribution is -2.48. The first-order valence-corrected chi connectivity index (χ1v) is 6.41. The van der Waals surface area contributed by atoms with Gasteiger partial charge in [-0.3, -0.25) is 4.90 Å². The summed E-state index contributed by atoms with van der Waals surface area (Å²) in [5, 5.41) is 9.26. The Morgan fingerprint density at radius 1 is 1.61 bits per heavy atom. The second-order valence-electron chi connectivity index (χ2n) is 5.34. The first kappa shape index (κ1) is 13.1. The summed E-state index contributed by atoms with van der Waals surface area (Å²) in [4.78, 5) is 16.6. The number of ether oxygens (including phenoxy) is 1. The highest BCUT2D eigenvalue weighted by Crippen LogP contribution is 2.37. The first-order chi connectivity index (χ1) is 8.29. The van der Waals surface area contributed by atoms with E-state index in [1.165, 1.54) is 4.90 Å². The van der Waals surface area contributed by atoms with E-state index in [0.717, 1.165) is 4.47 Å². The number of carbonyl (C=O) groups is 1. The van der Waals surface area contributed by atoms with Crippen molar-refractivity contribution < 1.29 is 14.6 Å². The molecule has 0 aliphatic carbocycles. The smallest absolute Gasteiger partial charge is 0.413 e. The number of hydrogen-bond donors (Lipinski definition) is 1. The van der Waals surface area contributed by atoms with Gasteiger partial charge in [-0.1, -0.05) is 20.8 Å². The quantitative estimate of drug-likeness (QED) is 0.799. The van der Waals surface area contributed by atoms with Gasteiger partial charge in [0.15, 0.2) is 11.6 Å². The van der Waals surface area contributed by atoms with Crippen LogP contribution in [0.15, 0.2) is 16.7 Å². The van der Waals surface area contributed by atoms with Crippen LogP contribution in [0.2, 0.25) is 0 Å². The molecular weight excluding hydrogens is 300 g/mol. The molecule has 18 heavy (non-hydrogen) atoms. The van der Waals surface area contributed by atoms with E-state index in [4.69, 9.17) is 4.74 Å². The van der Waals surface area contributed by atoms with Crippen LogP contribution in [0, 0.1) is 5.41 Å². The maximum Gasteiger partial charge on any atom is 0.413 e. The molecule has 0 fully saturated rings. The van der Waals surface area contributed by atoms with Crippen molar-refractivity contribution in [2.75, 3.05) is 11.4 Å². The number of nitrogens with zero attached hydrogens (tertiary/aromatic N) is 2. The maximum atomic E-state index is 11.3. The van der Waals surface area contributed by atoms with E-state index in [-0.39, 0.29) is 11.5 Å². The number of hydrogen-bond acceptors (Lipinski definition) is 3. The van der Waals surface area contributed by atoms with Crippen molar-refractivity contribution in [3.63, 3.8) is 0 Å². The Balaban J connectivity index is 2.44. The fraction of sp³-hybridized carbons (Fsp3) is 0.500. The molecule has 5 nitrogen and oxygen atoms in total. The average Bonchev–Trinajstić information content (AvgIpc) is 2.25. The zero-order valence-electron chi connectivity index (χ0n) is 10.5. The van der Waals surface area contributed by atoms with Crippen molar-refractivity contribution >= 4 is 27.8 Å². The van der Waals surface area contributed by atoms with Gasteiger partial charge in [0.2, 0.25) is 0 Å². The van der Waals surface area contributed by atoms with Crippen LogP contribution in [-0.4, -0.2) is 28.8 Å². The number of rotatable bonds is 0. The lowest BCUT2D eigenvalue weighted by molar-refractivity contribution is 0.0818. The molecule has 0 radical (unpaired) electrons. The minimum absolute atomic E-state index is 0.145. The van der Waals surface area contributed by atoms with Gasteiger partial charge in [0.05, 0.1) is 6.54 Å². The fourth-order valence-electron chi connectivity index (χ4n) is 1.77. The molecule has 1 atom stereocenters. The topological polar surface area (TPSA) is 62.7 Å². The van der Waals surface area contributed by atoms with Crippen LogP contribution in [0.3, 0.4) is 0 Å². The van der Waals surface area contributed by atoms with Gasteiger partial charge in [-0.15, -0.1) is 0 Å². The fourth-order valence-corrected chi connectivity index (χ4v) is 2.08. The van der Waals surface area contributed by atoms with Gasteiger partial charge in [-0.2, -0.15) is 0 Å². The third-order valence-corrected chi connectivity index (χ3v) is 3.30. The van der Waals surface area contributed by atoms with Crippen molar-refractivity contribution in [2.45, 2.75) is 26.9 Å². The van der Waals surface area contributed by atoms with Crippen LogP contribution >= 0.6 is 15.9 Å².